The molecule has 1 aromatic carbocycles. The second kappa shape index (κ2) is 6.14. The molecule has 2 N–H and O–H groups in total. The van der Waals surface area contributed by atoms with Crippen LogP contribution < -0.4 is 5.73 Å². The zero-order valence-corrected chi connectivity index (χ0v) is 10.3. The molecule has 15 heavy (non-hydrogen) atoms. The lowest BCUT2D eigenvalue weighted by Crippen LogP contribution is -2.00. The van der Waals surface area contributed by atoms with Crippen LogP contribution in [-0.4, -0.2) is 0 Å². The van der Waals surface area contributed by atoms with Gasteiger partial charge >= 0.3 is 0 Å². The highest BCUT2D eigenvalue weighted by Crippen LogP contribution is 2.29. The maximum absolute atomic E-state index is 6.19. The molecular weight excluding hydrogens is 206 g/mol. The first-order chi connectivity index (χ1) is 7.19. The smallest absolute Gasteiger partial charge is 0.0440 e. The Kier molecular flexibility index (Phi) is 5.13. The summed E-state index contributed by atoms with van der Waals surface area (Å²) in [6, 6.07) is 6.10. The molecule has 0 fully saturated rings. The Bertz CT molecular complexity index is 309. The molecule has 0 amide bonds. The highest BCUT2D eigenvalue weighted by Gasteiger charge is 2.09. The van der Waals surface area contributed by atoms with Crippen LogP contribution in [0.25, 0.3) is 0 Å². The van der Waals surface area contributed by atoms with E-state index in [0.29, 0.717) is 12.5 Å². The first-order valence-electron chi connectivity index (χ1n) is 5.67. The van der Waals surface area contributed by atoms with Gasteiger partial charge in [-0.3, -0.25) is 0 Å². The van der Waals surface area contributed by atoms with Gasteiger partial charge in [-0.25, -0.2) is 0 Å². The van der Waals surface area contributed by atoms with E-state index in [2.05, 4.69) is 19.9 Å². The number of unbranched alkanes of at least 4 members (excludes halogenated alkanes) is 1. The summed E-state index contributed by atoms with van der Waals surface area (Å²) < 4.78 is 0. The highest BCUT2D eigenvalue weighted by molar-refractivity contribution is 6.31. The molecule has 0 radical (unpaired) electrons. The molecule has 0 bridgehead atoms. The Balaban J connectivity index is 2.81. The van der Waals surface area contributed by atoms with Crippen molar-refractivity contribution in [3.63, 3.8) is 0 Å². The Morgan fingerprint density at radius 1 is 1.40 bits per heavy atom. The molecule has 0 heterocycles. The van der Waals surface area contributed by atoms with Gasteiger partial charge in [0.05, 0.1) is 0 Å². The second-order valence-electron chi connectivity index (χ2n) is 4.10. The van der Waals surface area contributed by atoms with Gasteiger partial charge < -0.3 is 5.73 Å². The van der Waals surface area contributed by atoms with Crippen molar-refractivity contribution in [2.24, 2.45) is 5.73 Å². The minimum Gasteiger partial charge on any atom is -0.326 e. The van der Waals surface area contributed by atoms with Crippen LogP contribution in [0.1, 0.15) is 50.2 Å². The van der Waals surface area contributed by atoms with Crippen LogP contribution in [0, 0.1) is 0 Å². The largest absolute Gasteiger partial charge is 0.326 e. The SMILES string of the molecule is CCCCC(C)c1cc(CN)ccc1Cl. The third kappa shape index (κ3) is 3.51. The van der Waals surface area contributed by atoms with Gasteiger partial charge in [0.2, 0.25) is 0 Å². The summed E-state index contributed by atoms with van der Waals surface area (Å²) in [6.45, 7) is 5.03. The van der Waals surface area contributed by atoms with Crippen LogP contribution >= 0.6 is 11.6 Å². The van der Waals surface area contributed by atoms with Crippen molar-refractivity contribution in [2.75, 3.05) is 0 Å². The van der Waals surface area contributed by atoms with Crippen molar-refractivity contribution in [3.8, 4) is 0 Å². The standard InChI is InChI=1S/C13H20ClN/c1-3-4-5-10(2)12-8-11(9-15)6-7-13(12)14/h6-8,10H,3-5,9,15H2,1-2H3. The third-order valence-electron chi connectivity index (χ3n) is 2.82. The fourth-order valence-electron chi connectivity index (χ4n) is 1.76. The van der Waals surface area contributed by atoms with Gasteiger partial charge in [-0.2, -0.15) is 0 Å². The summed E-state index contributed by atoms with van der Waals surface area (Å²) in [5, 5.41) is 0.871. The average Bonchev–Trinajstić information content (AvgIpc) is 2.26. The minimum absolute atomic E-state index is 0.531. The molecule has 0 saturated heterocycles. The van der Waals surface area contributed by atoms with Gasteiger partial charge in [0.15, 0.2) is 0 Å². The fourth-order valence-corrected chi connectivity index (χ4v) is 2.07. The molecule has 0 aromatic heterocycles. The molecule has 84 valence electrons. The topological polar surface area (TPSA) is 26.0 Å². The molecule has 1 atom stereocenters. The summed E-state index contributed by atoms with van der Waals surface area (Å²) in [5.41, 5.74) is 8.03. The molecule has 2 heteroatoms. The van der Waals surface area contributed by atoms with Crippen LogP contribution in [0.5, 0.6) is 0 Å². The van der Waals surface area contributed by atoms with Gasteiger partial charge in [0.1, 0.15) is 0 Å². The molecule has 0 spiro atoms. The summed E-state index contributed by atoms with van der Waals surface area (Å²) in [6.07, 6.45) is 3.69. The molecule has 1 nitrogen and oxygen atoms in total. The van der Waals surface area contributed by atoms with E-state index in [9.17, 15) is 0 Å². The molecule has 1 aromatic rings. The minimum atomic E-state index is 0.531. The summed E-state index contributed by atoms with van der Waals surface area (Å²) in [4.78, 5) is 0. The van der Waals surface area contributed by atoms with Crippen molar-refractivity contribution in [1.29, 1.82) is 0 Å². The van der Waals surface area contributed by atoms with Gasteiger partial charge in [-0.15, -0.1) is 0 Å². The number of nitrogens with two attached hydrogens (primary N) is 1. The Hall–Kier alpha value is -0.530. The van der Waals surface area contributed by atoms with Crippen molar-refractivity contribution in [3.05, 3.63) is 34.3 Å². The van der Waals surface area contributed by atoms with Crippen molar-refractivity contribution in [1.82, 2.24) is 0 Å². The number of benzene rings is 1. The van der Waals surface area contributed by atoms with Gasteiger partial charge in [0, 0.05) is 11.6 Å². The summed E-state index contributed by atoms with van der Waals surface area (Å²) in [5.74, 6) is 0.531. The van der Waals surface area contributed by atoms with Crippen molar-refractivity contribution >= 4 is 11.6 Å². The maximum atomic E-state index is 6.19. The lowest BCUT2D eigenvalue weighted by atomic mass is 9.94. The monoisotopic (exact) mass is 225 g/mol. The zero-order chi connectivity index (χ0) is 11.3. The Morgan fingerprint density at radius 3 is 2.73 bits per heavy atom. The number of rotatable bonds is 5. The van der Waals surface area contributed by atoms with Gasteiger partial charge in [0.25, 0.3) is 0 Å². The molecular formula is C13H20ClN. The number of hydrogen-bond donors (Lipinski definition) is 1. The lowest BCUT2D eigenvalue weighted by molar-refractivity contribution is 0.624. The molecule has 0 aliphatic carbocycles. The van der Waals surface area contributed by atoms with Crippen LogP contribution in [-0.2, 0) is 6.54 Å². The highest BCUT2D eigenvalue weighted by atomic mass is 35.5. The molecule has 0 aliphatic heterocycles. The van der Waals surface area contributed by atoms with Crippen LogP contribution in [0.4, 0.5) is 0 Å². The first-order valence-corrected chi connectivity index (χ1v) is 6.05. The van der Waals surface area contributed by atoms with E-state index in [1.165, 1.54) is 24.8 Å². The molecule has 0 saturated carbocycles. The average molecular weight is 226 g/mol. The normalized spacial score (nSPS) is 12.8. The van der Waals surface area contributed by atoms with E-state index < -0.39 is 0 Å². The number of halogens is 1. The molecule has 1 rings (SSSR count). The van der Waals surface area contributed by atoms with E-state index in [4.69, 9.17) is 17.3 Å². The predicted molar refractivity (Wildman–Crippen MR) is 67.3 cm³/mol. The third-order valence-corrected chi connectivity index (χ3v) is 3.16. The Morgan fingerprint density at radius 2 is 2.13 bits per heavy atom. The quantitative estimate of drug-likeness (QED) is 0.803. The van der Waals surface area contributed by atoms with E-state index in [1.54, 1.807) is 0 Å². The van der Waals surface area contributed by atoms with Crippen molar-refractivity contribution in [2.45, 2.75) is 45.6 Å². The van der Waals surface area contributed by atoms with Crippen LogP contribution in [0.15, 0.2) is 18.2 Å². The zero-order valence-electron chi connectivity index (χ0n) is 9.59. The first kappa shape index (κ1) is 12.5. The summed E-state index contributed by atoms with van der Waals surface area (Å²) >= 11 is 6.19. The van der Waals surface area contributed by atoms with Gasteiger partial charge in [-0.05, 0) is 29.5 Å². The predicted octanol–water partition coefficient (Wildman–Crippen LogP) is 4.09. The summed E-state index contributed by atoms with van der Waals surface area (Å²) in [7, 11) is 0. The van der Waals surface area contributed by atoms with E-state index in [1.807, 2.05) is 12.1 Å². The maximum Gasteiger partial charge on any atom is 0.0440 e. The fraction of sp³-hybridized carbons (Fsp3) is 0.538. The molecule has 1 unspecified atom stereocenters. The van der Waals surface area contributed by atoms with E-state index >= 15 is 0 Å². The van der Waals surface area contributed by atoms with E-state index in [0.717, 1.165) is 10.6 Å². The van der Waals surface area contributed by atoms with Crippen LogP contribution in [0.3, 0.4) is 0 Å². The number of hydrogen-bond acceptors (Lipinski definition) is 1. The lowest BCUT2D eigenvalue weighted by Gasteiger charge is -2.14. The Labute approximate surface area is 97.6 Å². The second-order valence-corrected chi connectivity index (χ2v) is 4.51. The van der Waals surface area contributed by atoms with Gasteiger partial charge in [-0.1, -0.05) is 50.4 Å². The molecule has 0 aliphatic rings. The van der Waals surface area contributed by atoms with E-state index in [-0.39, 0.29) is 0 Å². The van der Waals surface area contributed by atoms with Crippen molar-refractivity contribution < 1.29 is 0 Å². The van der Waals surface area contributed by atoms with Crippen LogP contribution in [0.2, 0.25) is 5.02 Å².